The maximum atomic E-state index is 13.2. The van der Waals surface area contributed by atoms with Crippen molar-refractivity contribution in [2.75, 3.05) is 11.4 Å². The molecule has 0 saturated heterocycles. The van der Waals surface area contributed by atoms with Gasteiger partial charge < -0.3 is 39.4 Å². The molecule has 1 fully saturated rings. The van der Waals surface area contributed by atoms with Gasteiger partial charge in [-0.2, -0.15) is 0 Å². The van der Waals surface area contributed by atoms with Crippen LogP contribution in [0.3, 0.4) is 0 Å². The molecule has 2 aromatic heterocycles. The number of amides is 2. The molecule has 7 aromatic rings. The summed E-state index contributed by atoms with van der Waals surface area (Å²) < 4.78 is 19.8. The first-order chi connectivity index (χ1) is 34.5. The van der Waals surface area contributed by atoms with E-state index in [2.05, 4.69) is 49.5 Å². The van der Waals surface area contributed by atoms with E-state index in [9.17, 15) is 29.4 Å². The quantitative estimate of drug-likeness (QED) is 0.0409. The molecule has 0 aliphatic heterocycles. The van der Waals surface area contributed by atoms with E-state index in [1.165, 1.54) is 11.0 Å². The summed E-state index contributed by atoms with van der Waals surface area (Å²) in [6, 6.07) is 37.2. The molecule has 0 radical (unpaired) electrons. The van der Waals surface area contributed by atoms with Crippen LogP contribution >= 0.6 is 0 Å². The van der Waals surface area contributed by atoms with Crippen LogP contribution in [0.5, 0.6) is 5.75 Å². The van der Waals surface area contributed by atoms with E-state index >= 15 is 0 Å². The number of ether oxygens (including phenoxy) is 1. The number of alkyl carbamates (subject to hydrolysis) is 1. The number of unbranched alkanes of at least 4 members (excludes halogenated alkanes) is 1. The van der Waals surface area contributed by atoms with Crippen LogP contribution in [0.1, 0.15) is 87.7 Å². The first kappa shape index (κ1) is 51.2. The second-order valence-corrected chi connectivity index (χ2v) is 24.9. The minimum Gasteiger partial charge on any atom is -0.506 e. The molecule has 1 saturated carbocycles. The van der Waals surface area contributed by atoms with Gasteiger partial charge in [0.05, 0.1) is 22.8 Å². The van der Waals surface area contributed by atoms with E-state index in [0.717, 1.165) is 38.8 Å². The highest BCUT2D eigenvalue weighted by Gasteiger charge is 2.40. The molecule has 0 bridgehead atoms. The summed E-state index contributed by atoms with van der Waals surface area (Å²) in [5.74, 6) is -0.432. The molecule has 5 N–H and O–H groups in total. The molecule has 1 atom stereocenters. The minimum atomic E-state index is -2.27. The first-order valence-electron chi connectivity index (χ1n) is 24.8. The van der Waals surface area contributed by atoms with Crippen LogP contribution < -0.4 is 26.8 Å². The predicted octanol–water partition coefficient (Wildman–Crippen LogP) is 11.9. The molecule has 8 rings (SSSR count). The fourth-order valence-electron chi connectivity index (χ4n) is 9.23. The number of nitrogens with one attached hydrogen (secondary N) is 3. The molecular formula is C57H65N5O9Si. The number of allylic oxidation sites excluding steroid dienone is 1. The molecule has 72 heavy (non-hydrogen) atoms. The Morgan fingerprint density at radius 2 is 1.64 bits per heavy atom. The lowest BCUT2D eigenvalue weighted by atomic mass is 9.89. The number of carbonyl (C=O) groups is 2. The lowest BCUT2D eigenvalue weighted by molar-refractivity contribution is 0.132. The van der Waals surface area contributed by atoms with Crippen molar-refractivity contribution >= 4 is 54.3 Å². The molecule has 0 spiro atoms. The largest absolute Gasteiger partial charge is 0.506 e. The molecule has 1 aliphatic rings. The minimum absolute atomic E-state index is 0.00359. The summed E-state index contributed by atoms with van der Waals surface area (Å²) in [5.41, 5.74) is 7.15. The van der Waals surface area contributed by atoms with Crippen molar-refractivity contribution in [1.82, 2.24) is 20.2 Å². The zero-order valence-corrected chi connectivity index (χ0v) is 42.7. The van der Waals surface area contributed by atoms with Gasteiger partial charge in [-0.05, 0) is 115 Å². The van der Waals surface area contributed by atoms with Gasteiger partial charge in [-0.3, -0.25) is 14.3 Å². The normalized spacial score (nSPS) is 15.7. The van der Waals surface area contributed by atoms with E-state index in [0.29, 0.717) is 80.5 Å². The summed E-state index contributed by atoms with van der Waals surface area (Å²) >= 11 is 0. The number of phenolic OH excluding ortho intramolecular Hbond substituents is 1. The molecule has 15 heteroatoms. The topological polar surface area (TPSA) is 188 Å². The van der Waals surface area contributed by atoms with Crippen LogP contribution in [0.2, 0.25) is 18.1 Å². The third-order valence-corrected chi connectivity index (χ3v) is 18.6. The van der Waals surface area contributed by atoms with Crippen LogP contribution in [0.25, 0.3) is 39.2 Å². The van der Waals surface area contributed by atoms with Crippen molar-refractivity contribution in [2.24, 2.45) is 0 Å². The fourth-order valence-corrected chi connectivity index (χ4v) is 10.5. The van der Waals surface area contributed by atoms with E-state index in [4.69, 9.17) is 13.6 Å². The molecule has 0 unspecified atom stereocenters. The van der Waals surface area contributed by atoms with Crippen LogP contribution in [-0.2, 0) is 28.9 Å². The van der Waals surface area contributed by atoms with Crippen molar-refractivity contribution in [2.45, 2.75) is 115 Å². The van der Waals surface area contributed by atoms with E-state index in [1.54, 1.807) is 16.7 Å². The highest BCUT2D eigenvalue weighted by atomic mass is 28.4. The predicted molar refractivity (Wildman–Crippen MR) is 286 cm³/mol. The van der Waals surface area contributed by atoms with Crippen molar-refractivity contribution in [3.63, 3.8) is 0 Å². The molecule has 2 amide bonds. The number of pyridine rings is 1. The molecule has 2 heterocycles. The molecular weight excluding hydrogens is 927 g/mol. The number of aryl methyl sites for hydroxylation is 1. The maximum absolute atomic E-state index is 13.2. The third-order valence-electron chi connectivity index (χ3n) is 14.1. The number of benzene rings is 5. The highest BCUT2D eigenvalue weighted by molar-refractivity contribution is 6.74. The van der Waals surface area contributed by atoms with Gasteiger partial charge in [0.1, 0.15) is 12.4 Å². The van der Waals surface area contributed by atoms with Crippen LogP contribution in [0.15, 0.2) is 141 Å². The number of aromatic hydroxyl groups is 1. The number of oxazole rings is 1. The number of hydrogen-bond acceptors (Lipinski definition) is 9. The number of rotatable bonds is 18. The van der Waals surface area contributed by atoms with Crippen LogP contribution in [0.4, 0.5) is 15.3 Å². The number of phenols is 1. The number of aromatic nitrogens is 2. The lowest BCUT2D eigenvalue weighted by Crippen LogP contribution is -2.46. The Hall–Kier alpha value is -7.20. The van der Waals surface area contributed by atoms with Crippen molar-refractivity contribution in [3.8, 4) is 16.9 Å². The Morgan fingerprint density at radius 1 is 0.903 bits per heavy atom. The number of hydrogen-bond donors (Lipinski definition) is 5. The van der Waals surface area contributed by atoms with Gasteiger partial charge >= 0.3 is 17.9 Å². The number of nitrogens with zero attached hydrogens (tertiary/aromatic N) is 2. The van der Waals surface area contributed by atoms with E-state index in [-0.39, 0.29) is 41.1 Å². The van der Waals surface area contributed by atoms with Gasteiger partial charge in [0.2, 0.25) is 5.56 Å². The summed E-state index contributed by atoms with van der Waals surface area (Å²) in [4.78, 5) is 55.3. The highest BCUT2D eigenvalue weighted by Crippen LogP contribution is 2.42. The van der Waals surface area contributed by atoms with Gasteiger partial charge in [0.15, 0.2) is 13.9 Å². The van der Waals surface area contributed by atoms with Crippen LogP contribution in [-0.4, -0.2) is 58.9 Å². The number of fused-ring (bicyclic) bond motifs is 2. The van der Waals surface area contributed by atoms with Gasteiger partial charge in [-0.15, -0.1) is 0 Å². The standard InChI is InChI=1S/C57H65N5O9Si/c1-57(2,3)72(4,5)71-51(45-27-30-49(63)53-46(45)28-31-52(64)60-53)36-58-35-40-21-29-47-50(34-40)70-56(68)61(47)32-14-8-11-15-38-20-26-44(41-18-12-7-13-19-41)48(33-38)62(55(66)67)43-24-22-42(23-25-43)59-54(65)69-37-39-16-9-6-10-17-39/h6-7,9-13,15-21,26-31,33-34,42-43,51,58,63H,8,14,22-25,32,35-37H2,1-5H3,(H,59,65)(H,60,64)(H,66,67)/b15-11+/t42?,43?,51-/m0/s1. The van der Waals surface area contributed by atoms with Gasteiger partial charge in [0.25, 0.3) is 0 Å². The lowest BCUT2D eigenvalue weighted by Gasteiger charge is -2.39. The van der Waals surface area contributed by atoms with Crippen molar-refractivity contribution in [1.29, 1.82) is 0 Å². The second kappa shape index (κ2) is 22.5. The average molecular weight is 992 g/mol. The molecule has 14 nitrogen and oxygen atoms in total. The number of H-pyrrole nitrogens is 1. The fraction of sp³-hybridized carbons (Fsp3) is 0.333. The Morgan fingerprint density at radius 3 is 2.36 bits per heavy atom. The van der Waals surface area contributed by atoms with E-state index in [1.807, 2.05) is 115 Å². The third kappa shape index (κ3) is 12.3. The number of carbonyl (C=O) groups excluding carboxylic acids is 1. The van der Waals surface area contributed by atoms with Crippen LogP contribution in [0, 0.1) is 0 Å². The van der Waals surface area contributed by atoms with E-state index < -0.39 is 26.3 Å². The average Bonchev–Trinajstić information content (AvgIpc) is 3.67. The zero-order chi connectivity index (χ0) is 51.0. The SMILES string of the molecule is CC(C)(C)[Si](C)(C)O[C@@H](CNCc1ccc2c(c1)oc(=O)n2CCC/C=C/c1ccc(-c2ccccc2)c(N(C(=O)O)C2CCC(NC(=O)OCc3ccccc3)CC2)c1)c1ccc(O)c2[nH]c(=O)ccc12. The second-order valence-electron chi connectivity index (χ2n) is 20.2. The smallest absolute Gasteiger partial charge is 0.419 e. The molecule has 1 aliphatic carbocycles. The zero-order valence-electron chi connectivity index (χ0n) is 41.7. The summed E-state index contributed by atoms with van der Waals surface area (Å²) in [6.45, 7) is 12.5. The summed E-state index contributed by atoms with van der Waals surface area (Å²) in [6.07, 6.45) is 5.84. The van der Waals surface area contributed by atoms with Crippen molar-refractivity contribution in [3.05, 3.63) is 171 Å². The van der Waals surface area contributed by atoms with Gasteiger partial charge in [-0.25, -0.2) is 14.4 Å². The Labute approximate surface area is 420 Å². The first-order valence-corrected chi connectivity index (χ1v) is 27.7. The number of anilines is 1. The molecule has 5 aromatic carbocycles. The Balaban J connectivity index is 0.899. The Bertz CT molecular complexity index is 3150. The Kier molecular flexibility index (Phi) is 16.0. The number of aromatic amines is 1. The van der Waals surface area contributed by atoms with Crippen molar-refractivity contribution < 1.29 is 33.4 Å². The van der Waals surface area contributed by atoms with Gasteiger partial charge in [0, 0.05) is 48.7 Å². The molecule has 376 valence electrons. The van der Waals surface area contributed by atoms with Gasteiger partial charge in [-0.1, -0.05) is 118 Å². The summed E-state index contributed by atoms with van der Waals surface area (Å²) in [5, 5.41) is 28.5. The maximum Gasteiger partial charge on any atom is 0.419 e. The number of carboxylic acid groups (broad SMARTS) is 1. The monoisotopic (exact) mass is 991 g/mol. The summed E-state index contributed by atoms with van der Waals surface area (Å²) in [7, 11) is -2.27.